The van der Waals surface area contributed by atoms with Crippen molar-refractivity contribution in [1.29, 1.82) is 0 Å². The van der Waals surface area contributed by atoms with E-state index in [9.17, 15) is 4.79 Å². The Hall–Kier alpha value is -2.80. The number of halogens is 1. The van der Waals surface area contributed by atoms with Crippen LogP contribution in [-0.2, 0) is 26.2 Å². The summed E-state index contributed by atoms with van der Waals surface area (Å²) in [6.45, 7) is 14.2. The van der Waals surface area contributed by atoms with Crippen LogP contribution >= 0.6 is 11.6 Å². The fourth-order valence-electron chi connectivity index (χ4n) is 3.24. The molecular weight excluding hydrogens is 454 g/mol. The molecule has 2 aromatic rings. The second-order valence-electron chi connectivity index (χ2n) is 9.01. The summed E-state index contributed by atoms with van der Waals surface area (Å²) in [5.41, 5.74) is 4.07. The third kappa shape index (κ3) is 6.86. The summed E-state index contributed by atoms with van der Waals surface area (Å²) in [5, 5.41) is 4.98. The summed E-state index contributed by atoms with van der Waals surface area (Å²) < 4.78 is 18.1. The molecule has 0 aliphatic rings. The first-order valence-corrected chi connectivity index (χ1v) is 11.9. The molecule has 1 aromatic carbocycles. The van der Waals surface area contributed by atoms with Gasteiger partial charge < -0.3 is 14.2 Å². The van der Waals surface area contributed by atoms with Gasteiger partial charge in [0.05, 0.1) is 10.7 Å². The summed E-state index contributed by atoms with van der Waals surface area (Å²) >= 11 is 6.66. The van der Waals surface area contributed by atoms with Gasteiger partial charge in [-0.05, 0) is 43.7 Å². The van der Waals surface area contributed by atoms with Crippen LogP contribution < -0.4 is 0 Å². The lowest BCUT2D eigenvalue weighted by molar-refractivity contribution is -0.0206. The van der Waals surface area contributed by atoms with Crippen molar-refractivity contribution in [3.63, 3.8) is 0 Å². The van der Waals surface area contributed by atoms with Gasteiger partial charge in [0.1, 0.15) is 11.8 Å². The van der Waals surface area contributed by atoms with E-state index in [1.54, 1.807) is 24.9 Å². The molecule has 34 heavy (non-hydrogen) atoms. The van der Waals surface area contributed by atoms with Crippen molar-refractivity contribution >= 4 is 35.3 Å². The highest BCUT2D eigenvalue weighted by atomic mass is 35.5. The Morgan fingerprint density at radius 2 is 1.85 bits per heavy atom. The molecular formula is C26H36ClN3O4. The van der Waals surface area contributed by atoms with Gasteiger partial charge in [-0.2, -0.15) is 5.10 Å². The van der Waals surface area contributed by atoms with E-state index in [1.807, 2.05) is 32.9 Å². The van der Waals surface area contributed by atoms with Crippen LogP contribution in [0.4, 0.5) is 4.79 Å². The number of nitrogens with zero attached hydrogens (tertiary/aromatic N) is 3. The second-order valence-corrected chi connectivity index (χ2v) is 9.39. The number of carbonyl (C=O) groups is 1. The van der Waals surface area contributed by atoms with Crippen molar-refractivity contribution in [2.75, 3.05) is 13.8 Å². The molecule has 1 heterocycles. The molecule has 0 N–H and O–H groups in total. The SMILES string of the molecule is CCC(C)OC(=O)OCO/C(=C(/C=N\C)c1ccc(C(C)(C)C)cc1)c1c(Cl)c(C)nn1CC. The summed E-state index contributed by atoms with van der Waals surface area (Å²) in [6.07, 6.45) is 1.36. The number of allylic oxidation sites excluding steroid dienone is 1. The molecule has 0 bridgehead atoms. The van der Waals surface area contributed by atoms with Crippen LogP contribution in [0.5, 0.6) is 0 Å². The zero-order valence-corrected chi connectivity index (χ0v) is 22.2. The van der Waals surface area contributed by atoms with Crippen molar-refractivity contribution < 1.29 is 19.0 Å². The maximum absolute atomic E-state index is 12.0. The Kier molecular flexibility index (Phi) is 9.74. The first kappa shape index (κ1) is 27.4. The lowest BCUT2D eigenvalue weighted by Crippen LogP contribution is -2.17. The smallest absolute Gasteiger partial charge is 0.454 e. The lowest BCUT2D eigenvalue weighted by Gasteiger charge is -2.20. The zero-order valence-electron chi connectivity index (χ0n) is 21.4. The monoisotopic (exact) mass is 489 g/mol. The van der Waals surface area contributed by atoms with Gasteiger partial charge in [-0.15, -0.1) is 0 Å². The topological polar surface area (TPSA) is 74.9 Å². The largest absolute Gasteiger partial charge is 0.511 e. The first-order chi connectivity index (χ1) is 16.0. The molecule has 0 saturated heterocycles. The normalized spacial score (nSPS) is 13.6. The molecule has 0 spiro atoms. The average Bonchev–Trinajstić information content (AvgIpc) is 3.08. The van der Waals surface area contributed by atoms with E-state index in [2.05, 4.69) is 43.0 Å². The molecule has 0 amide bonds. The van der Waals surface area contributed by atoms with Crippen LogP contribution in [0.2, 0.25) is 5.02 Å². The van der Waals surface area contributed by atoms with Gasteiger partial charge in [0.25, 0.3) is 0 Å². The number of aliphatic imine (C=N–C) groups is 1. The van der Waals surface area contributed by atoms with Crippen molar-refractivity contribution in [1.82, 2.24) is 9.78 Å². The van der Waals surface area contributed by atoms with Crippen molar-refractivity contribution in [3.05, 3.63) is 51.8 Å². The maximum atomic E-state index is 12.0. The Labute approximate surface area is 207 Å². The number of aromatic nitrogens is 2. The van der Waals surface area contributed by atoms with Crippen LogP contribution in [0.3, 0.4) is 0 Å². The number of aryl methyl sites for hydroxylation is 2. The number of hydrogen-bond acceptors (Lipinski definition) is 6. The number of hydrogen-bond donors (Lipinski definition) is 0. The minimum atomic E-state index is -0.791. The van der Waals surface area contributed by atoms with Gasteiger partial charge >= 0.3 is 6.16 Å². The van der Waals surface area contributed by atoms with Gasteiger partial charge in [-0.3, -0.25) is 9.67 Å². The van der Waals surface area contributed by atoms with Gasteiger partial charge in [-0.1, -0.05) is 63.6 Å². The number of benzene rings is 1. The molecule has 1 unspecified atom stereocenters. The second kappa shape index (κ2) is 12.1. The van der Waals surface area contributed by atoms with Crippen LogP contribution in [-0.4, -0.2) is 42.1 Å². The predicted octanol–water partition coefficient (Wildman–Crippen LogP) is 6.66. The minimum Gasteiger partial charge on any atom is -0.454 e. The molecule has 0 saturated carbocycles. The van der Waals surface area contributed by atoms with Crippen molar-refractivity contribution in [3.8, 4) is 0 Å². The van der Waals surface area contributed by atoms with Crippen LogP contribution in [0.15, 0.2) is 29.3 Å². The van der Waals surface area contributed by atoms with Gasteiger partial charge in [0.2, 0.25) is 6.79 Å². The van der Waals surface area contributed by atoms with Gasteiger partial charge in [0, 0.05) is 25.4 Å². The van der Waals surface area contributed by atoms with E-state index in [0.717, 1.165) is 5.56 Å². The molecule has 7 nitrogen and oxygen atoms in total. The van der Waals surface area contributed by atoms with E-state index >= 15 is 0 Å². The molecule has 0 radical (unpaired) electrons. The number of ether oxygens (including phenoxy) is 3. The standard InChI is InChI=1S/C26H36ClN3O4/c1-9-17(3)34-25(31)33-16-32-24(23-22(27)18(4)29-30(23)10-2)21(15-28-8)19-11-13-20(14-12-19)26(5,6)7/h11-15,17H,9-10,16H2,1-8H3/b24-21-,28-15-. The van der Waals surface area contributed by atoms with Gasteiger partial charge in [-0.25, -0.2) is 4.79 Å². The number of carbonyl (C=O) groups excluding carboxylic acids is 1. The van der Waals surface area contributed by atoms with Crippen molar-refractivity contribution in [2.24, 2.45) is 4.99 Å². The first-order valence-electron chi connectivity index (χ1n) is 11.5. The molecule has 0 aliphatic carbocycles. The van der Waals surface area contributed by atoms with Crippen LogP contribution in [0, 0.1) is 6.92 Å². The molecule has 1 atom stereocenters. The Morgan fingerprint density at radius 1 is 1.21 bits per heavy atom. The molecule has 2 rings (SSSR count). The molecule has 1 aromatic heterocycles. The highest BCUT2D eigenvalue weighted by Gasteiger charge is 2.23. The zero-order chi connectivity index (χ0) is 25.5. The molecule has 186 valence electrons. The molecule has 0 fully saturated rings. The highest BCUT2D eigenvalue weighted by molar-refractivity contribution is 6.33. The van der Waals surface area contributed by atoms with E-state index in [1.165, 1.54) is 5.56 Å². The van der Waals surface area contributed by atoms with E-state index in [0.29, 0.717) is 40.7 Å². The van der Waals surface area contributed by atoms with Crippen LogP contribution in [0.1, 0.15) is 70.5 Å². The highest BCUT2D eigenvalue weighted by Crippen LogP contribution is 2.34. The van der Waals surface area contributed by atoms with Crippen molar-refractivity contribution in [2.45, 2.75) is 73.0 Å². The Bertz CT molecular complexity index is 1030. The summed E-state index contributed by atoms with van der Waals surface area (Å²) in [4.78, 5) is 16.3. The molecule has 8 heteroatoms. The lowest BCUT2D eigenvalue weighted by atomic mass is 9.86. The van der Waals surface area contributed by atoms with Gasteiger partial charge in [0.15, 0.2) is 5.76 Å². The summed E-state index contributed by atoms with van der Waals surface area (Å²) in [5.74, 6) is 0.415. The Morgan fingerprint density at radius 3 is 2.38 bits per heavy atom. The fourth-order valence-corrected chi connectivity index (χ4v) is 3.46. The third-order valence-electron chi connectivity index (χ3n) is 5.39. The quantitative estimate of drug-likeness (QED) is 0.170. The van der Waals surface area contributed by atoms with Crippen LogP contribution in [0.25, 0.3) is 11.3 Å². The van der Waals surface area contributed by atoms with E-state index < -0.39 is 6.16 Å². The maximum Gasteiger partial charge on any atom is 0.511 e. The van der Waals surface area contributed by atoms with E-state index in [4.69, 9.17) is 25.8 Å². The summed E-state index contributed by atoms with van der Waals surface area (Å²) in [7, 11) is 1.69. The Balaban J connectivity index is 2.56. The average molecular weight is 490 g/mol. The molecule has 0 aliphatic heterocycles. The minimum absolute atomic E-state index is 0.0195. The predicted molar refractivity (Wildman–Crippen MR) is 137 cm³/mol. The van der Waals surface area contributed by atoms with E-state index in [-0.39, 0.29) is 18.3 Å². The third-order valence-corrected chi connectivity index (χ3v) is 5.84. The summed E-state index contributed by atoms with van der Waals surface area (Å²) in [6, 6.07) is 8.21. The fraction of sp³-hybridized carbons (Fsp3) is 0.500. The number of rotatable bonds is 9.